The lowest BCUT2D eigenvalue weighted by Gasteiger charge is -2.18. The number of imidazole rings is 1. The number of aromatic nitrogens is 4. The Labute approximate surface area is 175 Å². The van der Waals surface area contributed by atoms with Gasteiger partial charge in [-0.3, -0.25) is 19.1 Å². The molecule has 5 atom stereocenters. The Kier molecular flexibility index (Phi) is 6.31. The second-order valence-corrected chi connectivity index (χ2v) is 7.62. The number of anilines is 1. The highest BCUT2D eigenvalue weighted by molar-refractivity contribution is 5.75. The van der Waals surface area contributed by atoms with E-state index in [1.165, 1.54) is 6.08 Å². The average Bonchev–Trinajstić information content (AvgIpc) is 3.13. The number of fused-ring (bicyclic) bond motifs is 1. The maximum atomic E-state index is 13.0. The number of nitrogens with two attached hydrogens (primary N) is 2. The van der Waals surface area contributed by atoms with Gasteiger partial charge in [0.05, 0.1) is 0 Å². The second kappa shape index (κ2) is 8.63. The van der Waals surface area contributed by atoms with Crippen LogP contribution in [0.5, 0.6) is 0 Å². The summed E-state index contributed by atoms with van der Waals surface area (Å²) in [6.07, 6.45) is -4.22. The first kappa shape index (κ1) is 22.7. The summed E-state index contributed by atoms with van der Waals surface area (Å²) in [5.41, 5.74) is 9.72. The minimum atomic E-state index is -1.58. The van der Waals surface area contributed by atoms with Crippen LogP contribution in [0.3, 0.4) is 0 Å². The average molecular weight is 438 g/mol. The van der Waals surface area contributed by atoms with Crippen molar-refractivity contribution in [1.82, 2.24) is 19.1 Å². The Bertz CT molecular complexity index is 1100. The summed E-state index contributed by atoms with van der Waals surface area (Å²) < 4.78 is 12.7. The van der Waals surface area contributed by atoms with E-state index in [0.717, 1.165) is 9.13 Å². The molecule has 2 aromatic rings. The first-order valence-electron chi connectivity index (χ1n) is 9.63. The van der Waals surface area contributed by atoms with Crippen molar-refractivity contribution in [2.24, 2.45) is 11.7 Å². The van der Waals surface area contributed by atoms with Gasteiger partial charge in [0, 0.05) is 6.54 Å². The number of nitrogens with one attached hydrogen (secondary N) is 1. The molecule has 2 aromatic heterocycles. The first-order valence-corrected chi connectivity index (χ1v) is 9.63. The van der Waals surface area contributed by atoms with E-state index in [-0.39, 0.29) is 29.6 Å². The molecule has 3 heterocycles. The summed E-state index contributed by atoms with van der Waals surface area (Å²) in [5, 5.41) is 20.9. The summed E-state index contributed by atoms with van der Waals surface area (Å²) in [7, 11) is 0. The number of H-pyrrole nitrogens is 1. The highest BCUT2D eigenvalue weighted by atomic mass is 16.6. The fraction of sp³-hybridized carbons (Fsp3) is 0.556. The molecule has 7 N–H and O–H groups in total. The van der Waals surface area contributed by atoms with E-state index in [4.69, 9.17) is 20.9 Å². The maximum Gasteiger partial charge on any atom is 0.333 e. The molecule has 0 amide bonds. The molecule has 13 heteroatoms. The highest BCUT2D eigenvalue weighted by Crippen LogP contribution is 2.30. The first-order chi connectivity index (χ1) is 14.6. The van der Waals surface area contributed by atoms with Crippen LogP contribution in [0.25, 0.3) is 11.2 Å². The van der Waals surface area contributed by atoms with Crippen molar-refractivity contribution in [2.75, 3.05) is 12.3 Å². The molecule has 1 aliphatic heterocycles. The van der Waals surface area contributed by atoms with Crippen LogP contribution >= 0.6 is 0 Å². The lowest BCUT2D eigenvalue weighted by Crippen LogP contribution is -2.40. The molecule has 13 nitrogen and oxygen atoms in total. The van der Waals surface area contributed by atoms with Gasteiger partial charge in [-0.1, -0.05) is 19.9 Å². The zero-order valence-electron chi connectivity index (χ0n) is 17.1. The van der Waals surface area contributed by atoms with Crippen LogP contribution in [0.2, 0.25) is 0 Å². The molecule has 0 bridgehead atoms. The van der Waals surface area contributed by atoms with Crippen molar-refractivity contribution in [2.45, 2.75) is 51.0 Å². The van der Waals surface area contributed by atoms with Gasteiger partial charge in [-0.15, -0.1) is 6.58 Å². The largest absolute Gasteiger partial charge is 0.462 e. The lowest BCUT2D eigenvalue weighted by molar-refractivity contribution is -0.152. The van der Waals surface area contributed by atoms with E-state index in [1.807, 2.05) is 0 Å². The molecule has 1 unspecified atom stereocenters. The van der Waals surface area contributed by atoms with Crippen molar-refractivity contribution in [3.05, 3.63) is 33.5 Å². The summed E-state index contributed by atoms with van der Waals surface area (Å²) in [6.45, 7) is 6.64. The molecule has 0 saturated carbocycles. The summed E-state index contributed by atoms with van der Waals surface area (Å²) in [5.74, 6) is -1.10. The number of carbonyl (C=O) groups is 1. The molecule has 3 rings (SSSR count). The number of ether oxygens (including phenoxy) is 2. The molecule has 0 spiro atoms. The predicted molar refractivity (Wildman–Crippen MR) is 109 cm³/mol. The quantitative estimate of drug-likeness (QED) is 0.233. The summed E-state index contributed by atoms with van der Waals surface area (Å²) >= 11 is 0. The van der Waals surface area contributed by atoms with E-state index < -0.39 is 54.4 Å². The number of hydrogen-bond acceptors (Lipinski definition) is 10. The number of rotatable bonds is 7. The van der Waals surface area contributed by atoms with E-state index in [9.17, 15) is 24.6 Å². The molecule has 0 aromatic carbocycles. The number of nitrogen functional groups attached to an aromatic ring is 1. The fourth-order valence-corrected chi connectivity index (χ4v) is 3.34. The third-order valence-corrected chi connectivity index (χ3v) is 5.11. The van der Waals surface area contributed by atoms with Gasteiger partial charge >= 0.3 is 11.7 Å². The Morgan fingerprint density at radius 1 is 1.39 bits per heavy atom. The van der Waals surface area contributed by atoms with Crippen molar-refractivity contribution in [1.29, 1.82) is 0 Å². The van der Waals surface area contributed by atoms with Crippen LogP contribution in [0, 0.1) is 5.92 Å². The lowest BCUT2D eigenvalue weighted by atomic mass is 10.1. The number of esters is 1. The standard InChI is InChI=1S/C18H26N6O7/c1-4-5-23-10-13(21-17(20)22-14(10)27)24(18(23)29)15-12(26)11(25)8(31-15)6-30-16(28)9(19)7(2)3/h4,7-9,11-12,15,25-26H,1,5-6,19H2,2-3H3,(H3,20,21,22,27)/t8-,9+,11-,12-,15?/m1/s1. The van der Waals surface area contributed by atoms with Crippen molar-refractivity contribution in [3.8, 4) is 0 Å². The van der Waals surface area contributed by atoms with Gasteiger partial charge in [-0.2, -0.15) is 4.98 Å². The minimum Gasteiger partial charge on any atom is -0.462 e. The normalized spacial score (nSPS) is 24.6. The van der Waals surface area contributed by atoms with Crippen LogP contribution in [-0.4, -0.2) is 66.2 Å². The number of aromatic amines is 1. The van der Waals surface area contributed by atoms with Crippen molar-refractivity contribution >= 4 is 23.1 Å². The van der Waals surface area contributed by atoms with Gasteiger partial charge in [0.1, 0.15) is 31.0 Å². The number of hydrogen-bond donors (Lipinski definition) is 5. The molecule has 31 heavy (non-hydrogen) atoms. The van der Waals surface area contributed by atoms with Crippen molar-refractivity contribution < 1.29 is 24.5 Å². The summed E-state index contributed by atoms with van der Waals surface area (Å²) in [4.78, 5) is 43.7. The molecular formula is C18H26N6O7. The third-order valence-electron chi connectivity index (χ3n) is 5.11. The third kappa shape index (κ3) is 3.99. The molecular weight excluding hydrogens is 412 g/mol. The topological polar surface area (TPSA) is 201 Å². The highest BCUT2D eigenvalue weighted by Gasteiger charge is 2.46. The molecule has 170 valence electrons. The Hall–Kier alpha value is -3.00. The Morgan fingerprint density at radius 3 is 2.68 bits per heavy atom. The number of carbonyl (C=O) groups excluding carboxylic acids is 1. The van der Waals surface area contributed by atoms with Crippen LogP contribution in [0.15, 0.2) is 22.2 Å². The van der Waals surface area contributed by atoms with Gasteiger partial charge in [0.2, 0.25) is 5.95 Å². The zero-order chi connectivity index (χ0) is 23.0. The molecule has 0 radical (unpaired) electrons. The number of nitrogens with zero attached hydrogens (tertiary/aromatic N) is 3. The van der Waals surface area contributed by atoms with E-state index >= 15 is 0 Å². The van der Waals surface area contributed by atoms with Gasteiger partial charge in [0.15, 0.2) is 17.4 Å². The summed E-state index contributed by atoms with van der Waals surface area (Å²) in [6, 6.07) is -0.863. The smallest absolute Gasteiger partial charge is 0.333 e. The molecule has 1 aliphatic rings. The minimum absolute atomic E-state index is 0.0173. The van der Waals surface area contributed by atoms with Gasteiger partial charge in [0.25, 0.3) is 5.56 Å². The number of allylic oxidation sites excluding steroid dienone is 1. The Balaban J connectivity index is 1.95. The van der Waals surface area contributed by atoms with Crippen LogP contribution in [-0.2, 0) is 20.8 Å². The van der Waals surface area contributed by atoms with Gasteiger partial charge in [-0.25, -0.2) is 9.36 Å². The maximum absolute atomic E-state index is 13.0. The number of aliphatic hydroxyl groups is 2. The van der Waals surface area contributed by atoms with E-state index in [0.29, 0.717) is 0 Å². The van der Waals surface area contributed by atoms with Crippen LogP contribution in [0.4, 0.5) is 5.95 Å². The monoisotopic (exact) mass is 438 g/mol. The van der Waals surface area contributed by atoms with E-state index in [1.54, 1.807) is 13.8 Å². The molecule has 1 fully saturated rings. The second-order valence-electron chi connectivity index (χ2n) is 7.62. The van der Waals surface area contributed by atoms with Crippen LogP contribution < -0.4 is 22.7 Å². The SMILES string of the molecule is C=CCn1c(=O)n(C2O[C@H](COC(=O)[C@@H](N)C(C)C)[C@@H](O)[C@H]2O)c2nc(N)[nH]c(=O)c21. The number of aliphatic hydroxyl groups excluding tert-OH is 2. The van der Waals surface area contributed by atoms with Gasteiger partial charge in [-0.05, 0) is 5.92 Å². The van der Waals surface area contributed by atoms with Crippen LogP contribution in [0.1, 0.15) is 20.1 Å². The zero-order valence-corrected chi connectivity index (χ0v) is 17.1. The molecule has 1 saturated heterocycles. The van der Waals surface area contributed by atoms with E-state index in [2.05, 4.69) is 16.5 Å². The Morgan fingerprint density at radius 2 is 2.06 bits per heavy atom. The van der Waals surface area contributed by atoms with Crippen molar-refractivity contribution in [3.63, 3.8) is 0 Å². The fourth-order valence-electron chi connectivity index (χ4n) is 3.34. The predicted octanol–water partition coefficient (Wildman–Crippen LogP) is -2.20. The van der Waals surface area contributed by atoms with Gasteiger partial charge < -0.3 is 31.2 Å². The molecule has 0 aliphatic carbocycles.